The molecule has 0 unspecified atom stereocenters. The van der Waals surface area contributed by atoms with Crippen LogP contribution in [0.5, 0.6) is 17.2 Å². The number of aryl methyl sites for hydroxylation is 2. The number of hydrogen-bond acceptors (Lipinski definition) is 4. The van der Waals surface area contributed by atoms with E-state index in [1.54, 1.807) is 14.2 Å². The van der Waals surface area contributed by atoms with Crippen LogP contribution in [0.25, 0.3) is 0 Å². The van der Waals surface area contributed by atoms with Gasteiger partial charge >= 0.3 is 0 Å². The van der Waals surface area contributed by atoms with Gasteiger partial charge in [0.25, 0.3) is 0 Å². The zero-order chi connectivity index (χ0) is 20.5. The van der Waals surface area contributed by atoms with E-state index in [9.17, 15) is 4.79 Å². The Morgan fingerprint density at radius 2 is 1.66 bits per heavy atom. The summed E-state index contributed by atoms with van der Waals surface area (Å²) in [7, 11) is 3.29. The van der Waals surface area contributed by atoms with Crippen LogP contribution in [0.4, 0.5) is 0 Å². The van der Waals surface area contributed by atoms with Crippen LogP contribution in [-0.4, -0.2) is 38.2 Å². The quantitative estimate of drug-likeness (QED) is 0.734. The molecule has 0 N–H and O–H groups in total. The van der Waals surface area contributed by atoms with Gasteiger partial charge in [0.1, 0.15) is 12.4 Å². The highest BCUT2D eigenvalue weighted by Crippen LogP contribution is 2.41. The molecule has 4 rings (SSSR count). The fraction of sp³-hybridized carbons (Fsp3) is 0.458. The average Bonchev–Trinajstić information content (AvgIpc) is 3.55. The smallest absolute Gasteiger partial charge is 0.226 e. The summed E-state index contributed by atoms with van der Waals surface area (Å²) in [6.45, 7) is 5.26. The molecule has 0 spiro atoms. The van der Waals surface area contributed by atoms with Gasteiger partial charge in [0.2, 0.25) is 5.91 Å². The Morgan fingerprint density at radius 3 is 2.28 bits per heavy atom. The minimum absolute atomic E-state index is 0.132. The maximum absolute atomic E-state index is 13.0. The number of fused-ring (bicyclic) bond motifs is 1. The molecule has 2 aliphatic rings. The summed E-state index contributed by atoms with van der Waals surface area (Å²) in [5.74, 6) is 2.68. The first kappa shape index (κ1) is 19.6. The Labute approximate surface area is 172 Å². The number of amides is 1. The summed E-state index contributed by atoms with van der Waals surface area (Å²) in [5.41, 5.74) is 4.62. The molecular formula is C24H29NO4. The number of carbonyl (C=O) groups is 1. The Kier molecular flexibility index (Phi) is 5.39. The molecule has 0 radical (unpaired) electrons. The van der Waals surface area contributed by atoms with E-state index in [-0.39, 0.29) is 17.9 Å². The maximum atomic E-state index is 13.0. The fourth-order valence-electron chi connectivity index (χ4n) is 4.23. The van der Waals surface area contributed by atoms with E-state index in [4.69, 9.17) is 14.2 Å². The van der Waals surface area contributed by atoms with Gasteiger partial charge in [0.05, 0.1) is 20.3 Å². The Balaban J connectivity index is 1.66. The monoisotopic (exact) mass is 395 g/mol. The highest BCUT2D eigenvalue weighted by Gasteiger charge is 2.39. The van der Waals surface area contributed by atoms with E-state index in [1.165, 1.54) is 16.7 Å². The van der Waals surface area contributed by atoms with E-state index in [0.29, 0.717) is 18.9 Å². The van der Waals surface area contributed by atoms with Crippen molar-refractivity contribution in [3.63, 3.8) is 0 Å². The third kappa shape index (κ3) is 4.04. The van der Waals surface area contributed by atoms with E-state index < -0.39 is 0 Å². The molecule has 2 aromatic rings. The summed E-state index contributed by atoms with van der Waals surface area (Å²) >= 11 is 0. The van der Waals surface area contributed by atoms with E-state index in [0.717, 1.165) is 36.3 Å². The molecule has 1 fully saturated rings. The maximum Gasteiger partial charge on any atom is 0.226 e. The van der Waals surface area contributed by atoms with Gasteiger partial charge in [0, 0.05) is 12.5 Å². The highest BCUT2D eigenvalue weighted by atomic mass is 16.5. The van der Waals surface area contributed by atoms with Crippen LogP contribution in [0.1, 0.15) is 41.1 Å². The van der Waals surface area contributed by atoms with Crippen molar-refractivity contribution in [2.24, 2.45) is 5.92 Å². The van der Waals surface area contributed by atoms with Crippen LogP contribution in [0.15, 0.2) is 30.3 Å². The summed E-state index contributed by atoms with van der Waals surface area (Å²) < 4.78 is 17.2. The minimum Gasteiger partial charge on any atom is -0.493 e. The molecule has 1 amide bonds. The van der Waals surface area contributed by atoms with Crippen molar-refractivity contribution in [1.29, 1.82) is 0 Å². The molecular weight excluding hydrogens is 366 g/mol. The summed E-state index contributed by atoms with van der Waals surface area (Å²) in [4.78, 5) is 15.0. The van der Waals surface area contributed by atoms with Gasteiger partial charge in [-0.2, -0.15) is 0 Å². The molecule has 1 heterocycles. The largest absolute Gasteiger partial charge is 0.493 e. The number of hydrogen-bond donors (Lipinski definition) is 0. The number of benzene rings is 2. The fourth-order valence-corrected chi connectivity index (χ4v) is 4.23. The zero-order valence-corrected chi connectivity index (χ0v) is 17.7. The van der Waals surface area contributed by atoms with Crippen molar-refractivity contribution < 1.29 is 19.0 Å². The van der Waals surface area contributed by atoms with E-state index >= 15 is 0 Å². The van der Waals surface area contributed by atoms with Gasteiger partial charge in [-0.15, -0.1) is 0 Å². The summed E-state index contributed by atoms with van der Waals surface area (Å²) in [5, 5.41) is 0. The Bertz CT molecular complexity index is 899. The lowest BCUT2D eigenvalue weighted by Crippen LogP contribution is -2.43. The molecule has 0 aromatic heterocycles. The molecule has 1 aliphatic carbocycles. The summed E-state index contributed by atoms with van der Waals surface area (Å²) in [6, 6.07) is 10.1. The molecule has 154 valence electrons. The Hall–Kier alpha value is -2.69. The SMILES string of the molecule is COc1cc2c(cc1OC)[C@H](COc1cc(C)cc(C)c1)N(C(=O)C1CC1)CC2. The van der Waals surface area contributed by atoms with Crippen LogP contribution in [0, 0.1) is 19.8 Å². The van der Waals surface area contributed by atoms with Crippen molar-refractivity contribution >= 4 is 5.91 Å². The van der Waals surface area contributed by atoms with Crippen molar-refractivity contribution in [2.45, 2.75) is 39.2 Å². The molecule has 5 heteroatoms. The number of nitrogens with zero attached hydrogens (tertiary/aromatic N) is 1. The molecule has 1 saturated carbocycles. The predicted octanol–water partition coefficient (Wildman–Crippen LogP) is 4.24. The molecule has 1 aliphatic heterocycles. The number of ether oxygens (including phenoxy) is 3. The average molecular weight is 395 g/mol. The van der Waals surface area contributed by atoms with Gasteiger partial charge in [-0.05, 0) is 79.6 Å². The first-order chi connectivity index (χ1) is 14.0. The molecule has 0 bridgehead atoms. The standard InChI is InChI=1S/C24H29NO4/c1-15-9-16(2)11-19(10-15)29-14-21-20-13-23(28-4)22(27-3)12-18(20)7-8-25(21)24(26)17-5-6-17/h9-13,17,21H,5-8,14H2,1-4H3/t21-/m0/s1. The molecule has 5 nitrogen and oxygen atoms in total. The van der Waals surface area contributed by atoms with Crippen molar-refractivity contribution in [3.05, 3.63) is 52.6 Å². The lowest BCUT2D eigenvalue weighted by atomic mass is 9.91. The minimum atomic E-state index is -0.132. The van der Waals surface area contributed by atoms with E-state index in [2.05, 4.69) is 19.9 Å². The topological polar surface area (TPSA) is 48.0 Å². The third-order valence-corrected chi connectivity index (χ3v) is 5.82. The van der Waals surface area contributed by atoms with Gasteiger partial charge in [0.15, 0.2) is 11.5 Å². The van der Waals surface area contributed by atoms with Crippen LogP contribution in [0.2, 0.25) is 0 Å². The summed E-state index contributed by atoms with van der Waals surface area (Å²) in [6.07, 6.45) is 2.81. The predicted molar refractivity (Wildman–Crippen MR) is 112 cm³/mol. The van der Waals surface area contributed by atoms with Crippen molar-refractivity contribution in [3.8, 4) is 17.2 Å². The van der Waals surface area contributed by atoms with Gasteiger partial charge < -0.3 is 19.1 Å². The van der Waals surface area contributed by atoms with E-state index in [1.807, 2.05) is 29.2 Å². The molecule has 2 aromatic carbocycles. The van der Waals surface area contributed by atoms with Crippen LogP contribution < -0.4 is 14.2 Å². The number of carbonyl (C=O) groups excluding carboxylic acids is 1. The zero-order valence-electron chi connectivity index (χ0n) is 17.7. The Morgan fingerprint density at radius 1 is 1.00 bits per heavy atom. The highest BCUT2D eigenvalue weighted by molar-refractivity contribution is 5.82. The normalized spacial score (nSPS) is 18.2. The first-order valence-corrected chi connectivity index (χ1v) is 10.3. The van der Waals surface area contributed by atoms with Crippen LogP contribution >= 0.6 is 0 Å². The lowest BCUT2D eigenvalue weighted by Gasteiger charge is -2.38. The molecule has 1 atom stereocenters. The van der Waals surface area contributed by atoms with Crippen LogP contribution in [0.3, 0.4) is 0 Å². The van der Waals surface area contributed by atoms with Crippen molar-refractivity contribution in [1.82, 2.24) is 4.90 Å². The second kappa shape index (κ2) is 7.97. The second-order valence-electron chi connectivity index (χ2n) is 8.11. The number of rotatable bonds is 6. The van der Waals surface area contributed by atoms with Crippen molar-refractivity contribution in [2.75, 3.05) is 27.4 Å². The van der Waals surface area contributed by atoms with Gasteiger partial charge in [-0.3, -0.25) is 4.79 Å². The molecule has 0 saturated heterocycles. The molecule has 29 heavy (non-hydrogen) atoms. The van der Waals surface area contributed by atoms with Gasteiger partial charge in [-0.25, -0.2) is 0 Å². The van der Waals surface area contributed by atoms with Crippen LogP contribution in [-0.2, 0) is 11.2 Å². The number of methoxy groups -OCH3 is 2. The first-order valence-electron chi connectivity index (χ1n) is 10.3. The third-order valence-electron chi connectivity index (χ3n) is 5.82. The lowest BCUT2D eigenvalue weighted by molar-refractivity contribution is -0.136. The van der Waals surface area contributed by atoms with Gasteiger partial charge in [-0.1, -0.05) is 6.07 Å². The second-order valence-corrected chi connectivity index (χ2v) is 8.11.